The van der Waals surface area contributed by atoms with Gasteiger partial charge in [-0.2, -0.15) is 4.37 Å². The van der Waals surface area contributed by atoms with Gasteiger partial charge in [0.15, 0.2) is 0 Å². The van der Waals surface area contributed by atoms with Gasteiger partial charge in [0, 0.05) is 23.5 Å². The Balaban J connectivity index is 1.52. The molecule has 3 rings (SSSR count). The van der Waals surface area contributed by atoms with Gasteiger partial charge in [-0.15, -0.1) is 0 Å². The molecule has 2 fully saturated rings. The molecule has 2 saturated carbocycles. The van der Waals surface area contributed by atoms with Crippen molar-refractivity contribution >= 4 is 22.6 Å². The first-order valence-corrected chi connectivity index (χ1v) is 8.32. The molecule has 0 spiro atoms. The summed E-state index contributed by atoms with van der Waals surface area (Å²) in [6, 6.07) is 0.356. The van der Waals surface area contributed by atoms with Crippen LogP contribution in [0, 0.1) is 5.92 Å². The summed E-state index contributed by atoms with van der Waals surface area (Å²) in [7, 11) is 0. The van der Waals surface area contributed by atoms with Crippen molar-refractivity contribution in [2.75, 3.05) is 5.32 Å². The molecular formula is C14H21N3O2S. The quantitative estimate of drug-likeness (QED) is 0.891. The molecule has 0 atom stereocenters. The third-order valence-corrected chi connectivity index (χ3v) is 5.23. The second-order valence-corrected chi connectivity index (χ2v) is 6.72. The molecule has 2 aliphatic carbocycles. The summed E-state index contributed by atoms with van der Waals surface area (Å²) in [5.74, 6) is 0.762. The number of hydrogen-bond acceptors (Lipinski definition) is 5. The predicted molar refractivity (Wildman–Crippen MR) is 78.1 cm³/mol. The number of carboxylic acid groups (broad SMARTS) is 1. The fourth-order valence-electron chi connectivity index (χ4n) is 3.30. The summed E-state index contributed by atoms with van der Waals surface area (Å²) in [4.78, 5) is 15.5. The van der Waals surface area contributed by atoms with Crippen molar-refractivity contribution in [3.05, 3.63) is 5.82 Å². The number of rotatable bonds is 4. The maximum Gasteiger partial charge on any atom is 0.306 e. The Bertz CT molecular complexity index is 463. The molecule has 0 unspecified atom stereocenters. The van der Waals surface area contributed by atoms with Gasteiger partial charge < -0.3 is 10.4 Å². The van der Waals surface area contributed by atoms with E-state index in [0.717, 1.165) is 36.6 Å². The van der Waals surface area contributed by atoms with Gasteiger partial charge in [0.2, 0.25) is 5.13 Å². The van der Waals surface area contributed by atoms with Gasteiger partial charge in [0.1, 0.15) is 5.82 Å². The molecule has 5 nitrogen and oxygen atoms in total. The highest BCUT2D eigenvalue weighted by Gasteiger charge is 2.27. The van der Waals surface area contributed by atoms with Crippen LogP contribution in [-0.4, -0.2) is 26.5 Å². The Hall–Kier alpha value is -1.17. The fraction of sp³-hybridized carbons (Fsp3) is 0.786. The van der Waals surface area contributed by atoms with E-state index in [9.17, 15) is 4.79 Å². The number of anilines is 1. The van der Waals surface area contributed by atoms with E-state index in [2.05, 4.69) is 14.7 Å². The van der Waals surface area contributed by atoms with Crippen LogP contribution >= 0.6 is 11.5 Å². The van der Waals surface area contributed by atoms with E-state index >= 15 is 0 Å². The molecule has 1 aromatic rings. The van der Waals surface area contributed by atoms with Crippen LogP contribution in [0.2, 0.25) is 0 Å². The lowest BCUT2D eigenvalue weighted by atomic mass is 9.86. The average molecular weight is 295 g/mol. The van der Waals surface area contributed by atoms with Crippen LogP contribution in [0.25, 0.3) is 0 Å². The summed E-state index contributed by atoms with van der Waals surface area (Å²) >= 11 is 1.45. The fourth-order valence-corrected chi connectivity index (χ4v) is 4.03. The Morgan fingerprint density at radius 3 is 2.50 bits per heavy atom. The molecule has 0 aromatic carbocycles. The van der Waals surface area contributed by atoms with E-state index in [-0.39, 0.29) is 5.92 Å². The normalized spacial score (nSPS) is 27.6. The Morgan fingerprint density at radius 1 is 1.15 bits per heavy atom. The van der Waals surface area contributed by atoms with Gasteiger partial charge in [-0.1, -0.05) is 12.8 Å². The van der Waals surface area contributed by atoms with Crippen LogP contribution in [0.5, 0.6) is 0 Å². The monoisotopic (exact) mass is 295 g/mol. The van der Waals surface area contributed by atoms with E-state index in [1.165, 1.54) is 37.2 Å². The zero-order valence-corrected chi connectivity index (χ0v) is 12.4. The van der Waals surface area contributed by atoms with E-state index in [0.29, 0.717) is 12.0 Å². The molecule has 20 heavy (non-hydrogen) atoms. The molecule has 0 aliphatic heterocycles. The van der Waals surface area contributed by atoms with Gasteiger partial charge >= 0.3 is 5.97 Å². The standard InChI is InChI=1S/C14H21N3O2S/c18-13(19)10-5-7-11(8-6-10)15-14-16-12(17-20-14)9-3-1-2-4-9/h9-11H,1-8H2,(H,18,19)(H,15,16,17). The first-order chi connectivity index (χ1) is 9.72. The molecule has 0 amide bonds. The lowest BCUT2D eigenvalue weighted by molar-refractivity contribution is -0.142. The number of carbonyl (C=O) groups is 1. The molecule has 0 saturated heterocycles. The smallest absolute Gasteiger partial charge is 0.306 e. The predicted octanol–water partition coefficient (Wildman–Crippen LogP) is 3.25. The van der Waals surface area contributed by atoms with Gasteiger partial charge in [-0.3, -0.25) is 4.79 Å². The van der Waals surface area contributed by atoms with Gasteiger partial charge in [0.05, 0.1) is 5.92 Å². The van der Waals surface area contributed by atoms with Crippen LogP contribution in [0.1, 0.15) is 63.1 Å². The molecule has 1 heterocycles. The lowest BCUT2D eigenvalue weighted by Gasteiger charge is -2.26. The summed E-state index contributed by atoms with van der Waals surface area (Å²) in [5.41, 5.74) is 0. The number of carboxylic acids is 1. The molecule has 6 heteroatoms. The van der Waals surface area contributed by atoms with E-state index in [4.69, 9.17) is 5.11 Å². The minimum atomic E-state index is -0.650. The maximum atomic E-state index is 10.9. The van der Waals surface area contributed by atoms with Crippen LogP contribution in [0.4, 0.5) is 5.13 Å². The SMILES string of the molecule is O=C(O)C1CCC(Nc2nc(C3CCCC3)ns2)CC1. The van der Waals surface area contributed by atoms with Crippen LogP contribution in [-0.2, 0) is 4.79 Å². The molecular weight excluding hydrogens is 274 g/mol. The van der Waals surface area contributed by atoms with Crippen molar-refractivity contribution < 1.29 is 9.90 Å². The molecule has 1 aromatic heterocycles. The van der Waals surface area contributed by atoms with E-state index in [1.54, 1.807) is 0 Å². The number of aliphatic carboxylic acids is 1. The third-order valence-electron chi connectivity index (χ3n) is 4.57. The largest absolute Gasteiger partial charge is 0.481 e. The van der Waals surface area contributed by atoms with E-state index in [1.807, 2.05) is 0 Å². The number of nitrogens with zero attached hydrogens (tertiary/aromatic N) is 2. The van der Waals surface area contributed by atoms with Crippen molar-refractivity contribution in [2.24, 2.45) is 5.92 Å². The highest BCUT2D eigenvalue weighted by molar-refractivity contribution is 7.09. The summed E-state index contributed by atoms with van der Waals surface area (Å²) in [5, 5.41) is 13.3. The first-order valence-electron chi connectivity index (χ1n) is 7.55. The molecule has 0 radical (unpaired) electrons. The lowest BCUT2D eigenvalue weighted by Crippen LogP contribution is -2.29. The van der Waals surface area contributed by atoms with Crippen LogP contribution < -0.4 is 5.32 Å². The molecule has 0 bridgehead atoms. The van der Waals surface area contributed by atoms with Crippen LogP contribution in [0.15, 0.2) is 0 Å². The number of hydrogen-bond donors (Lipinski definition) is 2. The van der Waals surface area contributed by atoms with Crippen molar-refractivity contribution in [1.29, 1.82) is 0 Å². The summed E-state index contributed by atoms with van der Waals surface area (Å²) < 4.78 is 4.48. The second kappa shape index (κ2) is 6.08. The van der Waals surface area contributed by atoms with Gasteiger partial charge in [-0.05, 0) is 38.5 Å². The van der Waals surface area contributed by atoms with Crippen molar-refractivity contribution in [3.63, 3.8) is 0 Å². The Labute approximate surface area is 123 Å². The highest BCUT2D eigenvalue weighted by atomic mass is 32.1. The minimum Gasteiger partial charge on any atom is -0.481 e. The minimum absolute atomic E-state index is 0.156. The molecule has 110 valence electrons. The molecule has 2 aliphatic rings. The third kappa shape index (κ3) is 3.11. The van der Waals surface area contributed by atoms with Crippen molar-refractivity contribution in [1.82, 2.24) is 9.36 Å². The maximum absolute atomic E-state index is 10.9. The number of nitrogens with one attached hydrogen (secondary N) is 1. The first kappa shape index (κ1) is 13.8. The average Bonchev–Trinajstić information content (AvgIpc) is 3.09. The highest BCUT2D eigenvalue weighted by Crippen LogP contribution is 2.34. The molecule has 2 N–H and O–H groups in total. The summed E-state index contributed by atoms with van der Waals surface area (Å²) in [6.45, 7) is 0. The summed E-state index contributed by atoms with van der Waals surface area (Å²) in [6.07, 6.45) is 8.39. The topological polar surface area (TPSA) is 75.1 Å². The Morgan fingerprint density at radius 2 is 1.85 bits per heavy atom. The van der Waals surface area contributed by atoms with Gasteiger partial charge in [-0.25, -0.2) is 4.98 Å². The van der Waals surface area contributed by atoms with Crippen molar-refractivity contribution in [3.8, 4) is 0 Å². The Kier molecular flexibility index (Phi) is 4.19. The van der Waals surface area contributed by atoms with Crippen molar-refractivity contribution in [2.45, 2.75) is 63.3 Å². The van der Waals surface area contributed by atoms with Crippen LogP contribution in [0.3, 0.4) is 0 Å². The van der Waals surface area contributed by atoms with E-state index < -0.39 is 5.97 Å². The zero-order valence-electron chi connectivity index (χ0n) is 11.5. The zero-order chi connectivity index (χ0) is 13.9. The number of aromatic nitrogens is 2. The van der Waals surface area contributed by atoms with Gasteiger partial charge in [0.25, 0.3) is 0 Å². The second-order valence-electron chi connectivity index (χ2n) is 5.97.